The molecule has 4 rings (SSSR count). The van der Waals surface area contributed by atoms with Gasteiger partial charge in [0.05, 0.1) is 24.9 Å². The van der Waals surface area contributed by atoms with Crippen molar-refractivity contribution in [3.8, 4) is 11.5 Å². The molecule has 7 heteroatoms. The summed E-state index contributed by atoms with van der Waals surface area (Å²) in [6.07, 6.45) is 1.71. The van der Waals surface area contributed by atoms with Gasteiger partial charge in [0.1, 0.15) is 11.5 Å². The van der Waals surface area contributed by atoms with Crippen molar-refractivity contribution in [1.29, 1.82) is 0 Å². The van der Waals surface area contributed by atoms with Gasteiger partial charge in [-0.15, -0.1) is 0 Å². The Bertz CT molecular complexity index is 1200. The van der Waals surface area contributed by atoms with Crippen LogP contribution in [0.25, 0.3) is 6.08 Å². The molecule has 156 valence electrons. The lowest BCUT2D eigenvalue weighted by Gasteiger charge is -2.19. The summed E-state index contributed by atoms with van der Waals surface area (Å²) < 4.78 is 10.6. The lowest BCUT2D eigenvalue weighted by Crippen LogP contribution is -2.32. The van der Waals surface area contributed by atoms with Gasteiger partial charge in [-0.3, -0.25) is 9.69 Å². The Kier molecular flexibility index (Phi) is 5.98. The van der Waals surface area contributed by atoms with E-state index in [9.17, 15) is 4.79 Å². The van der Waals surface area contributed by atoms with Gasteiger partial charge in [-0.2, -0.15) is 0 Å². The maximum absolute atomic E-state index is 13.4. The van der Waals surface area contributed by atoms with E-state index in [-0.39, 0.29) is 11.6 Å². The fraction of sp³-hybridized carbons (Fsp3) is 0.0833. The van der Waals surface area contributed by atoms with E-state index in [4.69, 9.17) is 32.7 Å². The highest BCUT2D eigenvalue weighted by molar-refractivity contribution is 6.39. The topological polar surface area (TPSA) is 51.1 Å². The first-order valence-electron chi connectivity index (χ1n) is 9.39. The van der Waals surface area contributed by atoms with Gasteiger partial charge in [-0.05, 0) is 60.2 Å². The number of carbonyl (C=O) groups is 1. The molecule has 0 radical (unpaired) electrons. The summed E-state index contributed by atoms with van der Waals surface area (Å²) in [4.78, 5) is 19.5. The normalized spacial score (nSPS) is 14.7. The molecule has 0 fully saturated rings. The molecule has 1 heterocycles. The first kappa shape index (κ1) is 21.0. The van der Waals surface area contributed by atoms with Gasteiger partial charge < -0.3 is 9.47 Å². The minimum absolute atomic E-state index is 0.271. The number of benzene rings is 3. The number of amides is 1. The van der Waals surface area contributed by atoms with Gasteiger partial charge in [0.2, 0.25) is 0 Å². The molecule has 1 aliphatic rings. The summed E-state index contributed by atoms with van der Waals surface area (Å²) in [6.45, 7) is 0. The molecule has 1 amide bonds. The van der Waals surface area contributed by atoms with Crippen molar-refractivity contribution in [2.24, 2.45) is 4.99 Å². The Labute approximate surface area is 190 Å². The molecule has 3 aromatic carbocycles. The molecule has 0 unspecified atom stereocenters. The third-order valence-electron chi connectivity index (χ3n) is 4.77. The number of hydrogen-bond donors (Lipinski definition) is 0. The lowest BCUT2D eigenvalue weighted by molar-refractivity contribution is -0.113. The van der Waals surface area contributed by atoms with Crippen molar-refractivity contribution in [1.82, 2.24) is 0 Å². The molecule has 0 aromatic heterocycles. The van der Waals surface area contributed by atoms with E-state index in [0.29, 0.717) is 38.6 Å². The van der Waals surface area contributed by atoms with Crippen molar-refractivity contribution >= 4 is 46.7 Å². The zero-order valence-corrected chi connectivity index (χ0v) is 18.3. The third kappa shape index (κ3) is 4.15. The zero-order valence-electron chi connectivity index (χ0n) is 16.8. The summed E-state index contributed by atoms with van der Waals surface area (Å²) in [6, 6.07) is 19.7. The van der Waals surface area contributed by atoms with Crippen molar-refractivity contribution in [2.75, 3.05) is 19.1 Å². The van der Waals surface area contributed by atoms with Crippen LogP contribution in [0.15, 0.2) is 77.4 Å². The van der Waals surface area contributed by atoms with Gasteiger partial charge >= 0.3 is 0 Å². The Morgan fingerprint density at radius 2 is 1.61 bits per heavy atom. The Balaban J connectivity index is 1.83. The molecule has 0 N–H and O–H groups in total. The highest BCUT2D eigenvalue weighted by Gasteiger charge is 2.33. The minimum atomic E-state index is -0.271. The van der Waals surface area contributed by atoms with Crippen LogP contribution in [0.5, 0.6) is 11.5 Å². The van der Waals surface area contributed by atoms with Crippen LogP contribution in [-0.4, -0.2) is 26.0 Å². The highest BCUT2D eigenvalue weighted by Crippen LogP contribution is 2.33. The number of aliphatic imine (C=N–C) groups is 1. The van der Waals surface area contributed by atoms with Gasteiger partial charge in [0, 0.05) is 10.6 Å². The standard InChI is InChI=1S/C24H18Cl2N2O3/c1-30-21-12-7-15(14-22(21)31-2)13-20-24(29)28(17-10-8-16(25)9-11-17)23(27-20)18-5-3-4-6-19(18)26/h3-14H,1-2H3/b20-13+. The van der Waals surface area contributed by atoms with Crippen molar-refractivity contribution < 1.29 is 14.3 Å². The second-order valence-electron chi connectivity index (χ2n) is 6.68. The van der Waals surface area contributed by atoms with E-state index < -0.39 is 0 Å². The number of carbonyl (C=O) groups excluding carboxylic acids is 1. The number of methoxy groups -OCH3 is 2. The van der Waals surface area contributed by atoms with Crippen LogP contribution in [0.3, 0.4) is 0 Å². The van der Waals surface area contributed by atoms with E-state index in [1.54, 1.807) is 62.8 Å². The maximum Gasteiger partial charge on any atom is 0.282 e. The van der Waals surface area contributed by atoms with Gasteiger partial charge in [0.15, 0.2) is 11.5 Å². The van der Waals surface area contributed by atoms with Crippen LogP contribution in [0.2, 0.25) is 10.0 Å². The number of ether oxygens (including phenoxy) is 2. The summed E-state index contributed by atoms with van der Waals surface area (Å²) >= 11 is 12.5. The third-order valence-corrected chi connectivity index (χ3v) is 5.35. The Morgan fingerprint density at radius 1 is 0.903 bits per heavy atom. The van der Waals surface area contributed by atoms with E-state index in [2.05, 4.69) is 4.99 Å². The fourth-order valence-corrected chi connectivity index (χ4v) is 3.62. The number of anilines is 1. The quantitative estimate of drug-likeness (QED) is 0.456. The van der Waals surface area contributed by atoms with Crippen LogP contribution in [0.4, 0.5) is 5.69 Å². The number of nitrogens with zero attached hydrogens (tertiary/aromatic N) is 2. The lowest BCUT2D eigenvalue weighted by atomic mass is 10.1. The molecule has 5 nitrogen and oxygen atoms in total. The molecule has 0 saturated carbocycles. The van der Waals surface area contributed by atoms with E-state index in [1.165, 1.54) is 4.90 Å². The average Bonchev–Trinajstić information content (AvgIpc) is 3.10. The Morgan fingerprint density at radius 3 is 2.29 bits per heavy atom. The summed E-state index contributed by atoms with van der Waals surface area (Å²) in [7, 11) is 3.13. The second kappa shape index (κ2) is 8.84. The number of halogens is 2. The summed E-state index contributed by atoms with van der Waals surface area (Å²) in [5.74, 6) is 1.34. The number of amidine groups is 1. The smallest absolute Gasteiger partial charge is 0.282 e. The molecule has 0 saturated heterocycles. The molecule has 0 spiro atoms. The Hall–Kier alpha value is -3.28. The van der Waals surface area contributed by atoms with Gasteiger partial charge in [-0.1, -0.05) is 41.4 Å². The first-order chi connectivity index (χ1) is 15.0. The van der Waals surface area contributed by atoms with E-state index in [0.717, 1.165) is 5.56 Å². The maximum atomic E-state index is 13.4. The van der Waals surface area contributed by atoms with Crippen LogP contribution >= 0.6 is 23.2 Å². The zero-order chi connectivity index (χ0) is 22.0. The van der Waals surface area contributed by atoms with Gasteiger partial charge in [-0.25, -0.2) is 4.99 Å². The fourth-order valence-electron chi connectivity index (χ4n) is 3.27. The largest absolute Gasteiger partial charge is 0.493 e. The van der Waals surface area contributed by atoms with Crippen LogP contribution in [-0.2, 0) is 4.79 Å². The SMILES string of the molecule is COc1ccc(/C=C2/N=C(c3ccccc3Cl)N(c3ccc(Cl)cc3)C2=O)cc1OC. The van der Waals surface area contributed by atoms with Crippen molar-refractivity contribution in [2.45, 2.75) is 0 Å². The summed E-state index contributed by atoms with van der Waals surface area (Å²) in [5, 5.41) is 1.08. The molecule has 31 heavy (non-hydrogen) atoms. The van der Waals surface area contributed by atoms with Gasteiger partial charge in [0.25, 0.3) is 5.91 Å². The number of rotatable bonds is 5. The monoisotopic (exact) mass is 452 g/mol. The molecule has 0 bridgehead atoms. The molecule has 0 atom stereocenters. The first-order valence-corrected chi connectivity index (χ1v) is 10.1. The van der Waals surface area contributed by atoms with Crippen LogP contribution in [0.1, 0.15) is 11.1 Å². The average molecular weight is 453 g/mol. The molecule has 1 aliphatic heterocycles. The number of hydrogen-bond acceptors (Lipinski definition) is 4. The molecular formula is C24H18Cl2N2O3. The second-order valence-corrected chi connectivity index (χ2v) is 7.52. The van der Waals surface area contributed by atoms with E-state index >= 15 is 0 Å². The predicted molar refractivity (Wildman–Crippen MR) is 124 cm³/mol. The van der Waals surface area contributed by atoms with Crippen LogP contribution < -0.4 is 14.4 Å². The minimum Gasteiger partial charge on any atom is -0.493 e. The molecule has 0 aliphatic carbocycles. The highest BCUT2D eigenvalue weighted by atomic mass is 35.5. The molecule has 3 aromatic rings. The van der Waals surface area contributed by atoms with Crippen LogP contribution in [0, 0.1) is 0 Å². The van der Waals surface area contributed by atoms with Crippen molar-refractivity contribution in [3.05, 3.63) is 93.6 Å². The summed E-state index contributed by atoms with van der Waals surface area (Å²) in [5.41, 5.74) is 2.32. The van der Waals surface area contributed by atoms with E-state index in [1.807, 2.05) is 24.3 Å². The predicted octanol–water partition coefficient (Wildman–Crippen LogP) is 5.85. The van der Waals surface area contributed by atoms with Crippen molar-refractivity contribution in [3.63, 3.8) is 0 Å². The molecular weight excluding hydrogens is 435 g/mol.